The monoisotopic (exact) mass is 284 g/mol. The second kappa shape index (κ2) is 7.50. The predicted octanol–water partition coefficient (Wildman–Crippen LogP) is 2.79. The Bertz CT molecular complexity index is 569. The van der Waals surface area contributed by atoms with Crippen LogP contribution in [0.3, 0.4) is 0 Å². The summed E-state index contributed by atoms with van der Waals surface area (Å²) < 4.78 is 0. The molecular formula is C16H20N4O. The highest BCUT2D eigenvalue weighted by molar-refractivity contribution is 6.03. The molecule has 21 heavy (non-hydrogen) atoms. The maximum absolute atomic E-state index is 12.0. The molecule has 5 nitrogen and oxygen atoms in total. The summed E-state index contributed by atoms with van der Waals surface area (Å²) in [5.41, 5.74) is 2.46. The molecular weight excluding hydrogens is 264 g/mol. The van der Waals surface area contributed by atoms with E-state index in [0.717, 1.165) is 18.7 Å². The van der Waals surface area contributed by atoms with Crippen molar-refractivity contribution >= 4 is 11.6 Å². The maximum Gasteiger partial charge on any atom is 0.257 e. The van der Waals surface area contributed by atoms with Crippen LogP contribution in [0, 0.1) is 0 Å². The van der Waals surface area contributed by atoms with Gasteiger partial charge in [0.1, 0.15) is 0 Å². The summed E-state index contributed by atoms with van der Waals surface area (Å²) in [5, 5.41) is 13.6. The largest absolute Gasteiger partial charge is 0.322 e. The molecule has 1 amide bonds. The molecule has 2 rings (SSSR count). The fourth-order valence-electron chi connectivity index (χ4n) is 1.96. The zero-order valence-corrected chi connectivity index (χ0v) is 12.3. The van der Waals surface area contributed by atoms with Crippen LogP contribution in [0.15, 0.2) is 42.7 Å². The van der Waals surface area contributed by atoms with Crippen LogP contribution < -0.4 is 10.6 Å². The third-order valence-corrected chi connectivity index (χ3v) is 3.22. The topological polar surface area (TPSA) is 66.9 Å². The smallest absolute Gasteiger partial charge is 0.257 e. The van der Waals surface area contributed by atoms with Crippen molar-refractivity contribution in [2.24, 2.45) is 0 Å². The van der Waals surface area contributed by atoms with Gasteiger partial charge in [0.25, 0.3) is 5.91 Å². The number of nitrogens with zero attached hydrogens (tertiary/aromatic N) is 2. The summed E-state index contributed by atoms with van der Waals surface area (Å²) in [5.74, 6) is -0.185. The molecule has 1 aromatic carbocycles. The summed E-state index contributed by atoms with van der Waals surface area (Å²) in [4.78, 5) is 12.0. The van der Waals surface area contributed by atoms with Crippen LogP contribution in [-0.4, -0.2) is 22.6 Å². The van der Waals surface area contributed by atoms with Gasteiger partial charge in [-0.3, -0.25) is 4.79 Å². The lowest BCUT2D eigenvalue weighted by atomic mass is 10.1. The maximum atomic E-state index is 12.0. The molecule has 1 heterocycles. The number of carbonyl (C=O) groups excluding carboxylic acids is 1. The Morgan fingerprint density at radius 1 is 1.19 bits per heavy atom. The van der Waals surface area contributed by atoms with Crippen molar-refractivity contribution in [2.45, 2.75) is 26.3 Å². The summed E-state index contributed by atoms with van der Waals surface area (Å²) in [6.07, 6.45) is 4.05. The quantitative estimate of drug-likeness (QED) is 0.856. The zero-order valence-electron chi connectivity index (χ0n) is 12.3. The first-order chi connectivity index (χ1) is 10.2. The lowest BCUT2D eigenvalue weighted by Crippen LogP contribution is -2.19. The first-order valence-corrected chi connectivity index (χ1v) is 7.12. The normalized spacial score (nSPS) is 11.9. The second-order valence-electron chi connectivity index (χ2n) is 4.88. The van der Waals surface area contributed by atoms with Gasteiger partial charge in [-0.2, -0.15) is 10.2 Å². The SMILES string of the molecule is CCCNC(C)c1ccc(NC(=O)c2ccnnc2)cc1. The van der Waals surface area contributed by atoms with Gasteiger partial charge in [-0.05, 0) is 43.7 Å². The Kier molecular flexibility index (Phi) is 5.40. The van der Waals surface area contributed by atoms with Gasteiger partial charge < -0.3 is 10.6 Å². The zero-order chi connectivity index (χ0) is 15.1. The van der Waals surface area contributed by atoms with Crippen molar-refractivity contribution < 1.29 is 4.79 Å². The van der Waals surface area contributed by atoms with E-state index < -0.39 is 0 Å². The van der Waals surface area contributed by atoms with E-state index in [1.165, 1.54) is 18.0 Å². The molecule has 0 aliphatic carbocycles. The molecule has 0 aliphatic rings. The van der Waals surface area contributed by atoms with Crippen molar-refractivity contribution in [3.8, 4) is 0 Å². The van der Waals surface area contributed by atoms with Gasteiger partial charge in [-0.25, -0.2) is 0 Å². The highest BCUT2D eigenvalue weighted by Gasteiger charge is 2.07. The molecule has 5 heteroatoms. The summed E-state index contributed by atoms with van der Waals surface area (Å²) in [6.45, 7) is 5.27. The summed E-state index contributed by atoms with van der Waals surface area (Å²) in [6, 6.07) is 9.80. The Balaban J connectivity index is 1.98. The number of anilines is 1. The number of hydrogen-bond donors (Lipinski definition) is 2. The van der Waals surface area contributed by atoms with Crippen LogP contribution in [0.1, 0.15) is 42.2 Å². The standard InChI is InChI=1S/C16H20N4O/c1-3-9-17-12(2)13-4-6-15(7-5-13)20-16(21)14-8-10-18-19-11-14/h4-8,10-12,17H,3,9H2,1-2H3,(H,20,21). The fourth-order valence-corrected chi connectivity index (χ4v) is 1.96. The van der Waals surface area contributed by atoms with Crippen molar-refractivity contribution in [3.63, 3.8) is 0 Å². The first kappa shape index (κ1) is 15.1. The van der Waals surface area contributed by atoms with Gasteiger partial charge in [0, 0.05) is 11.7 Å². The Morgan fingerprint density at radius 3 is 2.57 bits per heavy atom. The molecule has 0 bridgehead atoms. The third kappa shape index (κ3) is 4.36. The van der Waals surface area contributed by atoms with E-state index in [1.807, 2.05) is 24.3 Å². The molecule has 0 fully saturated rings. The molecule has 0 spiro atoms. The average Bonchev–Trinajstić information content (AvgIpc) is 2.54. The van der Waals surface area contributed by atoms with Crippen LogP contribution in [0.4, 0.5) is 5.69 Å². The molecule has 1 atom stereocenters. The minimum Gasteiger partial charge on any atom is -0.322 e. The van der Waals surface area contributed by atoms with Crippen LogP contribution >= 0.6 is 0 Å². The number of hydrogen-bond acceptors (Lipinski definition) is 4. The van der Waals surface area contributed by atoms with E-state index in [1.54, 1.807) is 6.07 Å². The fraction of sp³-hybridized carbons (Fsp3) is 0.312. The lowest BCUT2D eigenvalue weighted by Gasteiger charge is -2.14. The highest BCUT2D eigenvalue weighted by Crippen LogP contribution is 2.16. The lowest BCUT2D eigenvalue weighted by molar-refractivity contribution is 0.102. The average molecular weight is 284 g/mol. The van der Waals surface area contributed by atoms with E-state index in [0.29, 0.717) is 11.6 Å². The third-order valence-electron chi connectivity index (χ3n) is 3.22. The van der Waals surface area contributed by atoms with E-state index in [-0.39, 0.29) is 5.91 Å². The second-order valence-corrected chi connectivity index (χ2v) is 4.88. The number of benzene rings is 1. The van der Waals surface area contributed by atoms with Gasteiger partial charge in [-0.1, -0.05) is 19.1 Å². The minimum absolute atomic E-state index is 0.185. The van der Waals surface area contributed by atoms with Crippen LogP contribution in [-0.2, 0) is 0 Å². The number of carbonyl (C=O) groups is 1. The minimum atomic E-state index is -0.185. The van der Waals surface area contributed by atoms with Crippen molar-refractivity contribution in [3.05, 3.63) is 53.9 Å². The molecule has 2 N–H and O–H groups in total. The Morgan fingerprint density at radius 2 is 1.95 bits per heavy atom. The highest BCUT2D eigenvalue weighted by atomic mass is 16.1. The van der Waals surface area contributed by atoms with Gasteiger partial charge in [0.15, 0.2) is 0 Å². The summed E-state index contributed by atoms with van der Waals surface area (Å²) in [7, 11) is 0. The molecule has 0 saturated carbocycles. The van der Waals surface area contributed by atoms with Crippen LogP contribution in [0.2, 0.25) is 0 Å². The molecule has 1 unspecified atom stereocenters. The number of nitrogens with one attached hydrogen (secondary N) is 2. The predicted molar refractivity (Wildman–Crippen MR) is 83.1 cm³/mol. The van der Waals surface area contributed by atoms with Gasteiger partial charge in [0.05, 0.1) is 18.0 Å². The molecule has 0 aliphatic heterocycles. The van der Waals surface area contributed by atoms with E-state index in [4.69, 9.17) is 0 Å². The molecule has 1 aromatic heterocycles. The molecule has 2 aromatic rings. The van der Waals surface area contributed by atoms with Crippen LogP contribution in [0.25, 0.3) is 0 Å². The van der Waals surface area contributed by atoms with E-state index >= 15 is 0 Å². The van der Waals surface area contributed by atoms with Crippen LogP contribution in [0.5, 0.6) is 0 Å². The van der Waals surface area contributed by atoms with Crippen molar-refractivity contribution in [2.75, 3.05) is 11.9 Å². The van der Waals surface area contributed by atoms with Crippen molar-refractivity contribution in [1.29, 1.82) is 0 Å². The van der Waals surface area contributed by atoms with E-state index in [9.17, 15) is 4.79 Å². The molecule has 110 valence electrons. The van der Waals surface area contributed by atoms with Gasteiger partial charge >= 0.3 is 0 Å². The van der Waals surface area contributed by atoms with Gasteiger partial charge in [-0.15, -0.1) is 0 Å². The number of rotatable bonds is 6. The Hall–Kier alpha value is -2.27. The first-order valence-electron chi connectivity index (χ1n) is 7.12. The summed E-state index contributed by atoms with van der Waals surface area (Å²) >= 11 is 0. The van der Waals surface area contributed by atoms with E-state index in [2.05, 4.69) is 34.7 Å². The van der Waals surface area contributed by atoms with Crippen molar-refractivity contribution in [1.82, 2.24) is 15.5 Å². The number of aromatic nitrogens is 2. The van der Waals surface area contributed by atoms with Gasteiger partial charge in [0.2, 0.25) is 0 Å². The molecule has 0 radical (unpaired) electrons. The molecule has 0 saturated heterocycles. The number of amides is 1. The Labute approximate surface area is 124 Å².